The Labute approximate surface area is 68.7 Å². The van der Waals surface area contributed by atoms with Gasteiger partial charge in [-0.2, -0.15) is 4.73 Å². The first kappa shape index (κ1) is 8.19. The predicted octanol–water partition coefficient (Wildman–Crippen LogP) is 0.234. The Kier molecular flexibility index (Phi) is 2.37. The Morgan fingerprint density at radius 3 is 2.67 bits per heavy atom. The molecule has 0 unspecified atom stereocenters. The molecule has 0 amide bonds. The van der Waals surface area contributed by atoms with E-state index in [0.29, 0.717) is 4.73 Å². The van der Waals surface area contributed by atoms with Crippen molar-refractivity contribution in [2.75, 3.05) is 0 Å². The molecule has 0 saturated carbocycles. The molecule has 1 N–H and O–H groups in total. The Hall–Kier alpha value is -1.91. The number of nitrogens with zero attached hydrogens (tertiary/aromatic N) is 2. The molecule has 0 aliphatic rings. The summed E-state index contributed by atoms with van der Waals surface area (Å²) >= 11 is 0. The van der Waals surface area contributed by atoms with Crippen molar-refractivity contribution in [3.8, 4) is 0 Å². The van der Waals surface area contributed by atoms with Crippen LogP contribution in [0.3, 0.4) is 0 Å². The van der Waals surface area contributed by atoms with E-state index < -0.39 is 0 Å². The fraction of sp³-hybridized carbons (Fsp3) is 0. The van der Waals surface area contributed by atoms with Gasteiger partial charge in [0.05, 0.1) is 12.4 Å². The lowest BCUT2D eigenvalue weighted by molar-refractivity contribution is -0.607. The largest absolute Gasteiger partial charge is 0.792 e. The summed E-state index contributed by atoms with van der Waals surface area (Å²) in [6.07, 6.45) is 1.81. The molecule has 0 fully saturated rings. The summed E-state index contributed by atoms with van der Waals surface area (Å²) in [6.45, 7) is 0. The second-order valence-electron chi connectivity index (χ2n) is 2.05. The first-order valence-corrected chi connectivity index (χ1v) is 3.18. The maximum Gasteiger partial charge on any atom is 0.234 e. The van der Waals surface area contributed by atoms with E-state index in [-0.39, 0.29) is 11.4 Å². The lowest BCUT2D eigenvalue weighted by Gasteiger charge is -2.02. The molecule has 0 aliphatic carbocycles. The molecule has 0 atom stereocenters. The molecule has 0 aliphatic heterocycles. The van der Waals surface area contributed by atoms with Crippen molar-refractivity contribution in [2.45, 2.75) is 0 Å². The van der Waals surface area contributed by atoms with E-state index in [1.54, 1.807) is 6.07 Å². The topological polar surface area (TPSA) is 86.2 Å². The van der Waals surface area contributed by atoms with Crippen LogP contribution in [0.25, 0.3) is 0 Å². The van der Waals surface area contributed by atoms with Gasteiger partial charge < -0.3 is 21.0 Å². The summed E-state index contributed by atoms with van der Waals surface area (Å²) < 4.78 is 0.467. The van der Waals surface area contributed by atoms with Crippen molar-refractivity contribution in [1.29, 1.82) is 5.41 Å². The third-order valence-electron chi connectivity index (χ3n) is 1.34. The van der Waals surface area contributed by atoms with Crippen molar-refractivity contribution in [1.82, 2.24) is 0 Å². The first-order chi connectivity index (χ1) is 5.79. The van der Waals surface area contributed by atoms with Gasteiger partial charge in [0.1, 0.15) is 0 Å². The van der Waals surface area contributed by atoms with Gasteiger partial charge in [0.15, 0.2) is 0 Å². The number of pyridine rings is 1. The minimum Gasteiger partial charge on any atom is -0.792 e. The van der Waals surface area contributed by atoms with Crippen LogP contribution in [0.2, 0.25) is 0 Å². The van der Waals surface area contributed by atoms with E-state index in [1.165, 1.54) is 12.1 Å². The van der Waals surface area contributed by atoms with Crippen molar-refractivity contribution in [3.63, 3.8) is 0 Å². The summed E-state index contributed by atoms with van der Waals surface area (Å²) in [5.41, 5.74) is 0.304. The zero-order valence-electron chi connectivity index (χ0n) is 6.10. The first-order valence-electron chi connectivity index (χ1n) is 3.18. The molecule has 0 spiro atoms. The third kappa shape index (κ3) is 1.39. The average molecular weight is 164 g/mol. The van der Waals surface area contributed by atoms with Crippen LogP contribution in [-0.2, 0) is 0 Å². The summed E-state index contributed by atoms with van der Waals surface area (Å²) in [7, 11) is 0. The van der Waals surface area contributed by atoms with Gasteiger partial charge in [-0.3, -0.25) is 0 Å². The van der Waals surface area contributed by atoms with Gasteiger partial charge in [-0.05, 0) is 6.07 Å². The quantitative estimate of drug-likeness (QED) is 0.293. The Morgan fingerprint density at radius 1 is 1.42 bits per heavy atom. The van der Waals surface area contributed by atoms with Crippen molar-refractivity contribution >= 4 is 12.4 Å². The lowest BCUT2D eigenvalue weighted by Crippen LogP contribution is -2.36. The molecule has 5 heteroatoms. The Bertz CT molecular complexity index is 322. The second-order valence-corrected chi connectivity index (χ2v) is 2.05. The molecule has 1 aromatic rings. The van der Waals surface area contributed by atoms with Gasteiger partial charge in [-0.25, -0.2) is 0 Å². The van der Waals surface area contributed by atoms with Crippen LogP contribution in [0.15, 0.2) is 23.4 Å². The highest BCUT2D eigenvalue weighted by molar-refractivity contribution is 5.77. The molecule has 12 heavy (non-hydrogen) atoms. The Morgan fingerprint density at radius 2 is 2.08 bits per heavy atom. The number of rotatable bonds is 2. The van der Waals surface area contributed by atoms with Crippen LogP contribution in [0.1, 0.15) is 11.4 Å². The summed E-state index contributed by atoms with van der Waals surface area (Å²) in [6, 6.07) is 4.50. The van der Waals surface area contributed by atoms with E-state index in [4.69, 9.17) is 5.41 Å². The van der Waals surface area contributed by atoms with Crippen molar-refractivity contribution in [3.05, 3.63) is 40.0 Å². The molecule has 62 valence electrons. The molecule has 1 rings (SSSR count). The standard InChI is InChI=1S/C7H7N3O2/c8-4-6-2-1-3-7(5-9-11)10(6)12/h1-5,8,11H/p-1. The van der Waals surface area contributed by atoms with Gasteiger partial charge in [-0.1, -0.05) is 0 Å². The number of aromatic nitrogens is 1. The SMILES string of the molecule is N=Cc1cccc(C=N[O-])[n+]1[O-]. The zero-order chi connectivity index (χ0) is 8.97. The van der Waals surface area contributed by atoms with Gasteiger partial charge in [0, 0.05) is 12.1 Å². The lowest BCUT2D eigenvalue weighted by atomic mass is 10.3. The van der Waals surface area contributed by atoms with Gasteiger partial charge in [0.2, 0.25) is 11.4 Å². The molecule has 0 bridgehead atoms. The monoisotopic (exact) mass is 164 g/mol. The molecular formula is C7H6N3O2-. The number of hydrogen-bond acceptors (Lipinski definition) is 4. The van der Waals surface area contributed by atoms with E-state index >= 15 is 0 Å². The normalized spacial score (nSPS) is 10.3. The van der Waals surface area contributed by atoms with Gasteiger partial charge in [-0.15, -0.1) is 0 Å². The predicted molar refractivity (Wildman–Crippen MR) is 44.2 cm³/mol. The molecule has 1 heterocycles. The van der Waals surface area contributed by atoms with Crippen LogP contribution in [-0.4, -0.2) is 12.4 Å². The van der Waals surface area contributed by atoms with Crippen LogP contribution in [0, 0.1) is 15.8 Å². The van der Waals surface area contributed by atoms with E-state index in [1.807, 2.05) is 0 Å². The highest BCUT2D eigenvalue weighted by Crippen LogP contribution is 1.91. The Balaban J connectivity index is 3.22. The summed E-state index contributed by atoms with van der Waals surface area (Å²) in [5, 5.41) is 30.3. The van der Waals surface area contributed by atoms with Gasteiger partial charge in [0.25, 0.3) is 0 Å². The average Bonchev–Trinajstić information content (AvgIpc) is 2.09. The number of hydrogen-bond donors (Lipinski definition) is 1. The van der Waals surface area contributed by atoms with Crippen LogP contribution < -0.4 is 4.73 Å². The molecule has 0 saturated heterocycles. The third-order valence-corrected chi connectivity index (χ3v) is 1.34. The highest BCUT2D eigenvalue weighted by atomic mass is 16.5. The molecule has 5 nitrogen and oxygen atoms in total. The zero-order valence-corrected chi connectivity index (χ0v) is 6.10. The van der Waals surface area contributed by atoms with Crippen LogP contribution >= 0.6 is 0 Å². The van der Waals surface area contributed by atoms with E-state index in [2.05, 4.69) is 5.16 Å². The van der Waals surface area contributed by atoms with Crippen molar-refractivity contribution in [2.24, 2.45) is 5.16 Å². The number of nitrogens with one attached hydrogen (secondary N) is 1. The van der Waals surface area contributed by atoms with Crippen LogP contribution in [0.4, 0.5) is 0 Å². The van der Waals surface area contributed by atoms with E-state index in [9.17, 15) is 10.4 Å². The fourth-order valence-electron chi connectivity index (χ4n) is 0.786. The highest BCUT2D eigenvalue weighted by Gasteiger charge is 2.04. The smallest absolute Gasteiger partial charge is 0.234 e. The summed E-state index contributed by atoms with van der Waals surface area (Å²) in [5.74, 6) is 0. The molecule has 0 aromatic carbocycles. The minimum absolute atomic E-state index is 0.131. The van der Waals surface area contributed by atoms with Crippen molar-refractivity contribution < 1.29 is 4.73 Å². The van der Waals surface area contributed by atoms with Crippen LogP contribution in [0.5, 0.6) is 0 Å². The maximum absolute atomic E-state index is 11.1. The molecule has 0 radical (unpaired) electrons. The van der Waals surface area contributed by atoms with E-state index in [0.717, 1.165) is 12.4 Å². The maximum atomic E-state index is 11.1. The minimum atomic E-state index is 0.131. The summed E-state index contributed by atoms with van der Waals surface area (Å²) in [4.78, 5) is 0. The second kappa shape index (κ2) is 3.47. The molecule has 1 aromatic heterocycles. The fourth-order valence-corrected chi connectivity index (χ4v) is 0.786. The molecular weight excluding hydrogens is 158 g/mol. The van der Waals surface area contributed by atoms with Gasteiger partial charge >= 0.3 is 0 Å².